The molecule has 1 rings (SSSR count). The first-order valence-electron chi connectivity index (χ1n) is 9.08. The lowest BCUT2D eigenvalue weighted by Gasteiger charge is -2.11. The van der Waals surface area contributed by atoms with Crippen LogP contribution in [0.2, 0.25) is 0 Å². The first-order chi connectivity index (χ1) is 11.6. The van der Waals surface area contributed by atoms with Gasteiger partial charge in [-0.15, -0.1) is 0 Å². The van der Waals surface area contributed by atoms with E-state index < -0.39 is 5.97 Å². The van der Waals surface area contributed by atoms with E-state index in [9.17, 15) is 9.59 Å². The van der Waals surface area contributed by atoms with Crippen LogP contribution in [-0.4, -0.2) is 23.7 Å². The number of rotatable bonds is 12. The van der Waals surface area contributed by atoms with E-state index in [-0.39, 0.29) is 11.5 Å². The molecule has 0 amide bonds. The molecule has 0 aliphatic heterocycles. The molecular weight excluding hydrogens is 304 g/mol. The van der Waals surface area contributed by atoms with Gasteiger partial charge in [0, 0.05) is 0 Å². The number of esters is 1. The number of hydrogen-bond donors (Lipinski definition) is 1. The summed E-state index contributed by atoms with van der Waals surface area (Å²) < 4.78 is 5.22. The van der Waals surface area contributed by atoms with Gasteiger partial charge in [0.15, 0.2) is 0 Å². The maximum Gasteiger partial charge on any atom is 0.338 e. The van der Waals surface area contributed by atoms with Crippen LogP contribution in [0.4, 0.5) is 0 Å². The molecule has 0 fully saturated rings. The van der Waals surface area contributed by atoms with Crippen LogP contribution < -0.4 is 0 Å². The molecule has 0 heterocycles. The van der Waals surface area contributed by atoms with E-state index >= 15 is 0 Å². The van der Waals surface area contributed by atoms with Crippen LogP contribution in [0.3, 0.4) is 0 Å². The van der Waals surface area contributed by atoms with Gasteiger partial charge in [0.25, 0.3) is 0 Å². The number of carboxylic acid groups (broad SMARTS) is 1. The van der Waals surface area contributed by atoms with Gasteiger partial charge >= 0.3 is 11.9 Å². The molecule has 4 heteroatoms. The van der Waals surface area contributed by atoms with Crippen molar-refractivity contribution in [1.29, 1.82) is 0 Å². The number of hydrogen-bond acceptors (Lipinski definition) is 3. The normalized spacial score (nSPS) is 10.8. The lowest BCUT2D eigenvalue weighted by molar-refractivity contribution is 0.0496. The largest absolute Gasteiger partial charge is 0.478 e. The molecule has 0 spiro atoms. The zero-order valence-corrected chi connectivity index (χ0v) is 14.9. The molecule has 1 aromatic carbocycles. The summed E-state index contributed by atoms with van der Waals surface area (Å²) in [5.41, 5.74) is 0.560. The highest BCUT2D eigenvalue weighted by Crippen LogP contribution is 2.17. The molecule has 1 aromatic rings. The van der Waals surface area contributed by atoms with Gasteiger partial charge < -0.3 is 9.84 Å². The zero-order valence-electron chi connectivity index (χ0n) is 14.9. The Hall–Kier alpha value is -1.84. The summed E-state index contributed by atoms with van der Waals surface area (Å²) in [6, 6.07) is 5.81. The molecule has 0 aromatic heterocycles. The van der Waals surface area contributed by atoms with Crippen molar-refractivity contribution >= 4 is 11.9 Å². The van der Waals surface area contributed by atoms with E-state index in [2.05, 4.69) is 13.8 Å². The second-order valence-corrected chi connectivity index (χ2v) is 6.26. The van der Waals surface area contributed by atoms with E-state index in [1.165, 1.54) is 62.8 Å². The van der Waals surface area contributed by atoms with Gasteiger partial charge in [0.1, 0.15) is 0 Å². The standard InChI is InChI=1S/C20H30O4/c1-3-16(4-2)10-8-6-5-7-9-15-24-20(23)18-13-11-17(12-14-18)19(21)22/h11-14,16H,3-10,15H2,1-2H3,(H,21,22). The van der Waals surface area contributed by atoms with Crippen molar-refractivity contribution in [3.8, 4) is 0 Å². The Morgan fingerprint density at radius 2 is 1.46 bits per heavy atom. The summed E-state index contributed by atoms with van der Waals surface area (Å²) in [5.74, 6) is -0.516. The lowest BCUT2D eigenvalue weighted by Crippen LogP contribution is -2.07. The molecule has 4 nitrogen and oxygen atoms in total. The van der Waals surface area contributed by atoms with Gasteiger partial charge in [-0.3, -0.25) is 0 Å². The third-order valence-corrected chi connectivity index (χ3v) is 4.51. The zero-order chi connectivity index (χ0) is 17.8. The second-order valence-electron chi connectivity index (χ2n) is 6.26. The Balaban J connectivity index is 2.10. The fraction of sp³-hybridized carbons (Fsp3) is 0.600. The Labute approximate surface area is 145 Å². The molecule has 0 atom stereocenters. The maximum atomic E-state index is 11.8. The van der Waals surface area contributed by atoms with Crippen molar-refractivity contribution in [3.63, 3.8) is 0 Å². The molecular formula is C20H30O4. The number of carbonyl (C=O) groups excluding carboxylic acids is 1. The van der Waals surface area contributed by atoms with Gasteiger partial charge in [0.05, 0.1) is 17.7 Å². The van der Waals surface area contributed by atoms with Crippen molar-refractivity contribution in [3.05, 3.63) is 35.4 Å². The molecule has 0 radical (unpaired) electrons. The quantitative estimate of drug-likeness (QED) is 0.415. The number of unbranched alkanes of at least 4 members (excludes halogenated alkanes) is 4. The average Bonchev–Trinajstić information content (AvgIpc) is 2.60. The van der Waals surface area contributed by atoms with Gasteiger partial charge in [-0.2, -0.15) is 0 Å². The van der Waals surface area contributed by atoms with Crippen LogP contribution in [0.15, 0.2) is 24.3 Å². The maximum absolute atomic E-state index is 11.8. The summed E-state index contributed by atoms with van der Waals surface area (Å²) in [6.45, 7) is 4.95. The average molecular weight is 334 g/mol. The molecule has 1 N–H and O–H groups in total. The summed E-state index contributed by atoms with van der Waals surface area (Å²) >= 11 is 0. The minimum atomic E-state index is -1.00. The van der Waals surface area contributed by atoms with E-state index in [0.29, 0.717) is 12.2 Å². The number of ether oxygens (including phenoxy) is 1. The highest BCUT2D eigenvalue weighted by molar-refractivity contribution is 5.92. The van der Waals surface area contributed by atoms with Crippen molar-refractivity contribution in [2.75, 3.05) is 6.61 Å². The smallest absolute Gasteiger partial charge is 0.338 e. The van der Waals surface area contributed by atoms with Crippen molar-refractivity contribution in [2.24, 2.45) is 5.92 Å². The second kappa shape index (κ2) is 11.7. The van der Waals surface area contributed by atoms with Gasteiger partial charge in [-0.25, -0.2) is 9.59 Å². The fourth-order valence-corrected chi connectivity index (χ4v) is 2.76. The summed E-state index contributed by atoms with van der Waals surface area (Å²) in [4.78, 5) is 22.6. The molecule has 0 unspecified atom stereocenters. The fourth-order valence-electron chi connectivity index (χ4n) is 2.76. The van der Waals surface area contributed by atoms with Crippen molar-refractivity contribution in [2.45, 2.75) is 65.2 Å². The monoisotopic (exact) mass is 334 g/mol. The Morgan fingerprint density at radius 1 is 0.917 bits per heavy atom. The van der Waals surface area contributed by atoms with E-state index in [4.69, 9.17) is 9.84 Å². The molecule has 0 bridgehead atoms. The van der Waals surface area contributed by atoms with Crippen LogP contribution in [-0.2, 0) is 4.74 Å². The highest BCUT2D eigenvalue weighted by atomic mass is 16.5. The molecule has 0 saturated heterocycles. The Kier molecular flexibility index (Phi) is 9.81. The lowest BCUT2D eigenvalue weighted by atomic mass is 9.96. The minimum Gasteiger partial charge on any atom is -0.478 e. The molecule has 24 heavy (non-hydrogen) atoms. The van der Waals surface area contributed by atoms with Gasteiger partial charge in [-0.1, -0.05) is 58.8 Å². The predicted octanol–water partition coefficient (Wildman–Crippen LogP) is 5.32. The van der Waals surface area contributed by atoms with Crippen molar-refractivity contribution < 1.29 is 19.4 Å². The molecule has 0 aliphatic carbocycles. The molecule has 134 valence electrons. The van der Waals surface area contributed by atoms with Gasteiger partial charge in [0.2, 0.25) is 0 Å². The third kappa shape index (κ3) is 7.62. The van der Waals surface area contributed by atoms with Crippen molar-refractivity contribution in [1.82, 2.24) is 0 Å². The minimum absolute atomic E-state index is 0.167. The Bertz CT molecular complexity index is 489. The number of carboxylic acids is 1. The summed E-state index contributed by atoms with van der Waals surface area (Å²) in [6.07, 6.45) is 9.57. The van der Waals surface area contributed by atoms with E-state index in [0.717, 1.165) is 18.8 Å². The number of carbonyl (C=O) groups is 2. The SMILES string of the molecule is CCC(CC)CCCCCCCOC(=O)c1ccc(C(=O)O)cc1. The summed E-state index contributed by atoms with van der Waals surface area (Å²) in [5, 5.41) is 8.82. The number of aromatic carboxylic acids is 1. The highest BCUT2D eigenvalue weighted by Gasteiger charge is 2.09. The molecule has 0 saturated carbocycles. The number of benzene rings is 1. The van der Waals surface area contributed by atoms with Gasteiger partial charge in [-0.05, 0) is 36.6 Å². The van der Waals surface area contributed by atoms with Crippen LogP contribution >= 0.6 is 0 Å². The summed E-state index contributed by atoms with van der Waals surface area (Å²) in [7, 11) is 0. The first-order valence-corrected chi connectivity index (χ1v) is 9.08. The topological polar surface area (TPSA) is 63.6 Å². The van der Waals surface area contributed by atoms with Crippen LogP contribution in [0.25, 0.3) is 0 Å². The first kappa shape index (κ1) is 20.2. The van der Waals surface area contributed by atoms with E-state index in [1.54, 1.807) is 0 Å². The predicted molar refractivity (Wildman–Crippen MR) is 95.5 cm³/mol. The molecule has 0 aliphatic rings. The van der Waals surface area contributed by atoms with Crippen LogP contribution in [0, 0.1) is 5.92 Å². The van der Waals surface area contributed by atoms with Crippen LogP contribution in [0.1, 0.15) is 85.9 Å². The van der Waals surface area contributed by atoms with Crippen LogP contribution in [0.5, 0.6) is 0 Å². The third-order valence-electron chi connectivity index (χ3n) is 4.51. The van der Waals surface area contributed by atoms with E-state index in [1.807, 2.05) is 0 Å². The Morgan fingerprint density at radius 3 is 2.04 bits per heavy atom.